The van der Waals surface area contributed by atoms with E-state index in [2.05, 4.69) is 26.1 Å². The first-order chi connectivity index (χ1) is 11.1. The summed E-state index contributed by atoms with van der Waals surface area (Å²) < 4.78 is 4.05. The maximum atomic E-state index is 12.0. The van der Waals surface area contributed by atoms with Crippen molar-refractivity contribution >= 4 is 17.7 Å². The van der Waals surface area contributed by atoms with E-state index in [4.69, 9.17) is 0 Å². The fourth-order valence-corrected chi connectivity index (χ4v) is 3.68. The van der Waals surface area contributed by atoms with Crippen molar-refractivity contribution in [1.29, 1.82) is 0 Å². The summed E-state index contributed by atoms with van der Waals surface area (Å²) in [7, 11) is 3.98. The lowest BCUT2D eigenvalue weighted by Gasteiger charge is -2.11. The molecule has 2 aromatic heterocycles. The monoisotopic (exact) mass is 333 g/mol. The Kier molecular flexibility index (Phi) is 5.05. The average molecular weight is 333 g/mol. The predicted octanol–water partition coefficient (Wildman–Crippen LogP) is 1.90. The van der Waals surface area contributed by atoms with Gasteiger partial charge in [-0.05, 0) is 25.0 Å². The number of amides is 1. The van der Waals surface area contributed by atoms with E-state index in [0.29, 0.717) is 11.8 Å². The largest absolute Gasteiger partial charge is 0.354 e. The van der Waals surface area contributed by atoms with Crippen molar-refractivity contribution in [2.75, 3.05) is 5.75 Å². The van der Waals surface area contributed by atoms with E-state index >= 15 is 0 Å². The molecule has 0 atom stereocenters. The van der Waals surface area contributed by atoms with E-state index in [1.807, 2.05) is 30.9 Å². The van der Waals surface area contributed by atoms with E-state index in [0.717, 1.165) is 30.2 Å². The van der Waals surface area contributed by atoms with Gasteiger partial charge >= 0.3 is 0 Å². The molecule has 1 N–H and O–H groups in total. The van der Waals surface area contributed by atoms with Crippen LogP contribution < -0.4 is 5.32 Å². The number of nitrogens with one attached hydrogen (secondary N) is 1. The summed E-state index contributed by atoms with van der Waals surface area (Å²) in [4.78, 5) is 12.0. The molecule has 3 rings (SSSR count). The highest BCUT2D eigenvalue weighted by Gasteiger charge is 2.18. The molecule has 1 fully saturated rings. The molecule has 0 bridgehead atoms. The second-order valence-electron chi connectivity index (χ2n) is 6.08. The topological polar surface area (TPSA) is 64.7 Å². The van der Waals surface area contributed by atoms with E-state index < -0.39 is 0 Å². The molecule has 1 aliphatic rings. The van der Waals surface area contributed by atoms with Crippen LogP contribution in [0.4, 0.5) is 0 Å². The lowest BCUT2D eigenvalue weighted by atomic mass is 10.2. The first-order valence-corrected chi connectivity index (χ1v) is 9.02. The molecule has 0 aromatic carbocycles. The van der Waals surface area contributed by atoms with Crippen LogP contribution in [0.5, 0.6) is 0 Å². The van der Waals surface area contributed by atoms with Gasteiger partial charge in [0.15, 0.2) is 5.16 Å². The van der Waals surface area contributed by atoms with E-state index in [1.54, 1.807) is 0 Å². The number of carbonyl (C=O) groups is 1. The van der Waals surface area contributed by atoms with Crippen molar-refractivity contribution in [3.63, 3.8) is 0 Å². The Bertz CT molecular complexity index is 672. The minimum absolute atomic E-state index is 0.0916. The van der Waals surface area contributed by atoms with E-state index in [9.17, 15) is 4.79 Å². The Morgan fingerprint density at radius 1 is 1.35 bits per heavy atom. The Morgan fingerprint density at radius 2 is 2.13 bits per heavy atom. The van der Waals surface area contributed by atoms with Crippen LogP contribution >= 0.6 is 11.8 Å². The van der Waals surface area contributed by atoms with Crippen molar-refractivity contribution in [3.05, 3.63) is 29.8 Å². The van der Waals surface area contributed by atoms with Crippen LogP contribution in [0.15, 0.2) is 23.5 Å². The van der Waals surface area contributed by atoms with Crippen LogP contribution in [0, 0.1) is 0 Å². The molecular formula is C16H23N5OS. The third kappa shape index (κ3) is 3.96. The van der Waals surface area contributed by atoms with Crippen LogP contribution in [0.3, 0.4) is 0 Å². The second-order valence-corrected chi connectivity index (χ2v) is 7.03. The molecule has 0 aliphatic heterocycles. The minimum atomic E-state index is 0.0916. The van der Waals surface area contributed by atoms with E-state index in [-0.39, 0.29) is 5.91 Å². The van der Waals surface area contributed by atoms with Crippen molar-refractivity contribution < 1.29 is 4.79 Å². The number of thioether (sulfide) groups is 1. The van der Waals surface area contributed by atoms with Gasteiger partial charge in [0.25, 0.3) is 0 Å². The molecular weight excluding hydrogens is 310 g/mol. The van der Waals surface area contributed by atoms with Gasteiger partial charge in [0.05, 0.1) is 5.75 Å². The Balaban J connectivity index is 1.54. The Morgan fingerprint density at radius 3 is 2.83 bits per heavy atom. The lowest BCUT2D eigenvalue weighted by Crippen LogP contribution is -2.33. The molecule has 1 saturated carbocycles. The number of hydrogen-bond donors (Lipinski definition) is 1. The van der Waals surface area contributed by atoms with Gasteiger partial charge in [0, 0.05) is 38.4 Å². The molecule has 1 aliphatic carbocycles. The third-order valence-corrected chi connectivity index (χ3v) is 5.39. The summed E-state index contributed by atoms with van der Waals surface area (Å²) in [5, 5.41) is 12.4. The maximum absolute atomic E-state index is 12.0. The number of hydrogen-bond acceptors (Lipinski definition) is 4. The highest BCUT2D eigenvalue weighted by molar-refractivity contribution is 7.99. The number of carbonyl (C=O) groups excluding carboxylic acids is 1. The first kappa shape index (κ1) is 16.1. The molecule has 1 amide bonds. The van der Waals surface area contributed by atoms with Crippen LogP contribution in [-0.4, -0.2) is 37.0 Å². The normalized spacial score (nSPS) is 15.2. The minimum Gasteiger partial charge on any atom is -0.354 e. The van der Waals surface area contributed by atoms with Crippen LogP contribution in [0.25, 0.3) is 0 Å². The zero-order valence-corrected chi connectivity index (χ0v) is 14.5. The summed E-state index contributed by atoms with van der Waals surface area (Å²) in [6.45, 7) is 0. The zero-order chi connectivity index (χ0) is 16.2. The van der Waals surface area contributed by atoms with Gasteiger partial charge < -0.3 is 14.5 Å². The summed E-state index contributed by atoms with van der Waals surface area (Å²) >= 11 is 1.45. The summed E-state index contributed by atoms with van der Waals surface area (Å²) in [5.74, 6) is 1.39. The fraction of sp³-hybridized carbons (Fsp3) is 0.562. The molecule has 0 spiro atoms. The quantitative estimate of drug-likeness (QED) is 0.820. The summed E-state index contributed by atoms with van der Waals surface area (Å²) in [6, 6.07) is 4.47. The van der Waals surface area contributed by atoms with Gasteiger partial charge in [-0.25, -0.2) is 0 Å². The smallest absolute Gasteiger partial charge is 0.230 e. The van der Waals surface area contributed by atoms with Crippen LogP contribution in [0.1, 0.15) is 37.2 Å². The summed E-state index contributed by atoms with van der Waals surface area (Å²) in [5.41, 5.74) is 1.19. The van der Waals surface area contributed by atoms with Crippen molar-refractivity contribution in [1.82, 2.24) is 24.6 Å². The fourth-order valence-electron chi connectivity index (χ4n) is 2.94. The van der Waals surface area contributed by atoms with Crippen molar-refractivity contribution in [2.24, 2.45) is 14.1 Å². The van der Waals surface area contributed by atoms with Crippen molar-refractivity contribution in [2.45, 2.75) is 43.3 Å². The number of aromatic nitrogens is 4. The zero-order valence-electron chi connectivity index (χ0n) is 13.7. The van der Waals surface area contributed by atoms with Gasteiger partial charge in [-0.1, -0.05) is 24.6 Å². The SMILES string of the molecule is Cn1cccc1Cc1nnc(SCC(=O)NC2CCCC2)n1C. The van der Waals surface area contributed by atoms with Crippen LogP contribution in [0.2, 0.25) is 0 Å². The van der Waals surface area contributed by atoms with Gasteiger partial charge in [-0.2, -0.15) is 0 Å². The third-order valence-electron chi connectivity index (χ3n) is 4.37. The van der Waals surface area contributed by atoms with E-state index in [1.165, 1.54) is 30.3 Å². The van der Waals surface area contributed by atoms with Gasteiger partial charge in [-0.15, -0.1) is 10.2 Å². The maximum Gasteiger partial charge on any atom is 0.230 e. The Labute approximate surface area is 140 Å². The van der Waals surface area contributed by atoms with Gasteiger partial charge in [0.1, 0.15) is 5.82 Å². The Hall–Kier alpha value is -1.76. The van der Waals surface area contributed by atoms with Gasteiger partial charge in [-0.3, -0.25) is 4.79 Å². The first-order valence-electron chi connectivity index (χ1n) is 8.04. The number of rotatable bonds is 6. The molecule has 0 saturated heterocycles. The summed E-state index contributed by atoms with van der Waals surface area (Å²) in [6.07, 6.45) is 7.44. The molecule has 0 radical (unpaired) electrons. The average Bonchev–Trinajstić information content (AvgIpc) is 3.24. The number of nitrogens with zero attached hydrogens (tertiary/aromatic N) is 4. The molecule has 124 valence electrons. The standard InChI is InChI=1S/C16H23N5OS/c1-20-9-5-8-13(20)10-14-18-19-16(21(14)2)23-11-15(22)17-12-6-3-4-7-12/h5,8-9,12H,3-4,6-7,10-11H2,1-2H3,(H,17,22). The highest BCUT2D eigenvalue weighted by atomic mass is 32.2. The molecule has 2 aromatic rings. The van der Waals surface area contributed by atoms with Crippen LogP contribution in [-0.2, 0) is 25.3 Å². The molecule has 7 heteroatoms. The van der Waals surface area contributed by atoms with Crippen molar-refractivity contribution in [3.8, 4) is 0 Å². The molecule has 2 heterocycles. The molecule has 0 unspecified atom stereocenters. The highest BCUT2D eigenvalue weighted by Crippen LogP contribution is 2.19. The molecule has 6 nitrogen and oxygen atoms in total. The lowest BCUT2D eigenvalue weighted by molar-refractivity contribution is -0.119. The molecule has 23 heavy (non-hydrogen) atoms. The predicted molar refractivity (Wildman–Crippen MR) is 90.3 cm³/mol. The second kappa shape index (κ2) is 7.21. The van der Waals surface area contributed by atoms with Gasteiger partial charge in [0.2, 0.25) is 5.91 Å². The number of aryl methyl sites for hydroxylation is 1.